The smallest absolute Gasteiger partial charge is 0.306 e. The van der Waals surface area contributed by atoms with Crippen LogP contribution in [0.2, 0.25) is 0 Å². The van der Waals surface area contributed by atoms with Gasteiger partial charge in [0, 0.05) is 6.42 Å². The Bertz CT molecular complexity index is 133. The van der Waals surface area contributed by atoms with Gasteiger partial charge in [-0.2, -0.15) is 0 Å². The molecule has 0 aromatic heterocycles. The van der Waals surface area contributed by atoms with Crippen molar-refractivity contribution in [3.63, 3.8) is 0 Å². The highest BCUT2D eigenvalue weighted by atomic mass is 16.6. The predicted molar refractivity (Wildman–Crippen MR) is 35.4 cm³/mol. The summed E-state index contributed by atoms with van der Waals surface area (Å²) < 4.78 is 4.86. The van der Waals surface area contributed by atoms with Crippen LogP contribution in [0.4, 0.5) is 0 Å². The summed E-state index contributed by atoms with van der Waals surface area (Å²) in [6, 6.07) is 0. The lowest BCUT2D eigenvalue weighted by atomic mass is 10.0. The molecule has 0 radical (unpaired) electrons. The van der Waals surface area contributed by atoms with Gasteiger partial charge in [0.15, 0.2) is 0 Å². The number of ether oxygens (including phenoxy) is 1. The van der Waals surface area contributed by atoms with Crippen molar-refractivity contribution in [2.45, 2.75) is 38.4 Å². The number of aliphatic hydroxyl groups is 1. The topological polar surface area (TPSA) is 46.5 Å². The van der Waals surface area contributed by atoms with Crippen molar-refractivity contribution in [1.29, 1.82) is 0 Å². The Kier molecular flexibility index (Phi) is 2.27. The predicted octanol–water partition coefficient (Wildman–Crippen LogP) is 0.463. The third-order valence-electron chi connectivity index (χ3n) is 1.76. The highest BCUT2D eigenvalue weighted by Crippen LogP contribution is 2.16. The zero-order chi connectivity index (χ0) is 7.56. The Morgan fingerprint density at radius 3 is 3.00 bits per heavy atom. The molecular weight excluding hydrogens is 132 g/mol. The second-order valence-corrected chi connectivity index (χ2v) is 2.54. The SMILES string of the molecule is CCC1OC(=O)CCC1O. The van der Waals surface area contributed by atoms with Crippen LogP contribution in [0, 0.1) is 0 Å². The maximum absolute atomic E-state index is 10.6. The lowest BCUT2D eigenvalue weighted by Crippen LogP contribution is -2.35. The number of hydrogen-bond donors (Lipinski definition) is 1. The summed E-state index contributed by atoms with van der Waals surface area (Å²) in [5.41, 5.74) is 0. The average Bonchev–Trinajstić information content (AvgIpc) is 1.94. The molecule has 0 aromatic carbocycles. The minimum absolute atomic E-state index is 0.183. The van der Waals surface area contributed by atoms with Crippen molar-refractivity contribution in [2.24, 2.45) is 0 Å². The normalized spacial score (nSPS) is 33.6. The van der Waals surface area contributed by atoms with E-state index in [-0.39, 0.29) is 12.1 Å². The highest BCUT2D eigenvalue weighted by Gasteiger charge is 2.26. The third-order valence-corrected chi connectivity index (χ3v) is 1.76. The fourth-order valence-electron chi connectivity index (χ4n) is 1.11. The van der Waals surface area contributed by atoms with Gasteiger partial charge < -0.3 is 9.84 Å². The standard InChI is InChI=1S/C7H12O3/c1-2-6-5(8)3-4-7(9)10-6/h5-6,8H,2-4H2,1H3. The molecule has 3 heteroatoms. The van der Waals surface area contributed by atoms with Gasteiger partial charge in [-0.25, -0.2) is 0 Å². The average molecular weight is 144 g/mol. The molecule has 0 saturated carbocycles. The molecule has 0 amide bonds. The molecule has 10 heavy (non-hydrogen) atoms. The largest absolute Gasteiger partial charge is 0.460 e. The first-order chi connectivity index (χ1) is 4.74. The van der Waals surface area contributed by atoms with E-state index in [4.69, 9.17) is 4.74 Å². The monoisotopic (exact) mass is 144 g/mol. The number of carbonyl (C=O) groups is 1. The Morgan fingerprint density at radius 2 is 2.50 bits per heavy atom. The van der Waals surface area contributed by atoms with Crippen LogP contribution < -0.4 is 0 Å². The van der Waals surface area contributed by atoms with Crippen molar-refractivity contribution in [1.82, 2.24) is 0 Å². The quantitative estimate of drug-likeness (QED) is 0.544. The summed E-state index contributed by atoms with van der Waals surface area (Å²) in [6.45, 7) is 1.90. The first-order valence-corrected chi connectivity index (χ1v) is 3.61. The number of aliphatic hydroxyl groups excluding tert-OH is 1. The molecule has 0 aromatic rings. The van der Waals surface area contributed by atoms with Crippen molar-refractivity contribution < 1.29 is 14.6 Å². The molecule has 0 aliphatic carbocycles. The van der Waals surface area contributed by atoms with Crippen LogP contribution in [0.15, 0.2) is 0 Å². The summed E-state index contributed by atoms with van der Waals surface area (Å²) in [6.07, 6.45) is 0.908. The highest BCUT2D eigenvalue weighted by molar-refractivity contribution is 5.70. The van der Waals surface area contributed by atoms with Crippen molar-refractivity contribution in [3.05, 3.63) is 0 Å². The summed E-state index contributed by atoms with van der Waals surface area (Å²) in [5, 5.41) is 9.21. The van der Waals surface area contributed by atoms with Gasteiger partial charge in [0.05, 0.1) is 6.10 Å². The van der Waals surface area contributed by atoms with Crippen molar-refractivity contribution in [2.75, 3.05) is 0 Å². The van der Waals surface area contributed by atoms with E-state index in [1.54, 1.807) is 0 Å². The molecule has 0 spiro atoms. The van der Waals surface area contributed by atoms with Crippen LogP contribution in [0.3, 0.4) is 0 Å². The lowest BCUT2D eigenvalue weighted by molar-refractivity contribution is -0.163. The fraction of sp³-hybridized carbons (Fsp3) is 0.857. The summed E-state index contributed by atoms with van der Waals surface area (Å²) in [7, 11) is 0. The molecule has 2 unspecified atom stereocenters. The molecule has 1 rings (SSSR count). The van der Waals surface area contributed by atoms with Gasteiger partial charge in [0.25, 0.3) is 0 Å². The Labute approximate surface area is 60.0 Å². The van der Waals surface area contributed by atoms with Crippen molar-refractivity contribution >= 4 is 5.97 Å². The summed E-state index contributed by atoms with van der Waals surface area (Å²) in [5.74, 6) is -0.183. The molecule has 1 saturated heterocycles. The number of esters is 1. The molecule has 1 aliphatic heterocycles. The van der Waals surface area contributed by atoms with Gasteiger partial charge in [0.2, 0.25) is 0 Å². The van der Waals surface area contributed by atoms with Gasteiger partial charge in [0.1, 0.15) is 6.10 Å². The fourth-order valence-corrected chi connectivity index (χ4v) is 1.11. The summed E-state index contributed by atoms with van der Waals surface area (Å²) in [4.78, 5) is 10.6. The van der Waals surface area contributed by atoms with Gasteiger partial charge in [-0.3, -0.25) is 4.79 Å². The number of cyclic esters (lactones) is 1. The minimum atomic E-state index is -0.442. The first-order valence-electron chi connectivity index (χ1n) is 3.61. The van der Waals surface area contributed by atoms with Crippen molar-refractivity contribution in [3.8, 4) is 0 Å². The molecule has 1 heterocycles. The van der Waals surface area contributed by atoms with E-state index in [1.807, 2.05) is 6.92 Å². The second-order valence-electron chi connectivity index (χ2n) is 2.54. The van der Waals surface area contributed by atoms with E-state index in [0.717, 1.165) is 0 Å². The first kappa shape index (κ1) is 7.54. The number of carbonyl (C=O) groups excluding carboxylic acids is 1. The molecule has 3 nitrogen and oxygen atoms in total. The molecule has 1 fully saturated rings. The molecular formula is C7H12O3. The zero-order valence-corrected chi connectivity index (χ0v) is 6.04. The maximum Gasteiger partial charge on any atom is 0.306 e. The molecule has 1 N–H and O–H groups in total. The van der Waals surface area contributed by atoms with Gasteiger partial charge in [-0.05, 0) is 12.8 Å². The maximum atomic E-state index is 10.6. The molecule has 58 valence electrons. The van der Waals surface area contributed by atoms with E-state index >= 15 is 0 Å². The van der Waals surface area contributed by atoms with Crippen LogP contribution in [0.5, 0.6) is 0 Å². The Balaban J connectivity index is 2.45. The van der Waals surface area contributed by atoms with E-state index in [1.165, 1.54) is 0 Å². The van der Waals surface area contributed by atoms with Gasteiger partial charge in [-0.1, -0.05) is 6.92 Å². The molecule has 1 aliphatic rings. The lowest BCUT2D eigenvalue weighted by Gasteiger charge is -2.26. The van der Waals surface area contributed by atoms with Crippen LogP contribution in [-0.4, -0.2) is 23.3 Å². The van der Waals surface area contributed by atoms with Gasteiger partial charge in [-0.15, -0.1) is 0 Å². The van der Waals surface area contributed by atoms with Crippen LogP contribution in [0.25, 0.3) is 0 Å². The van der Waals surface area contributed by atoms with E-state index in [9.17, 15) is 9.90 Å². The minimum Gasteiger partial charge on any atom is -0.460 e. The van der Waals surface area contributed by atoms with Crippen LogP contribution in [0.1, 0.15) is 26.2 Å². The number of hydrogen-bond acceptors (Lipinski definition) is 3. The van der Waals surface area contributed by atoms with E-state index < -0.39 is 6.10 Å². The van der Waals surface area contributed by atoms with Crippen LogP contribution in [-0.2, 0) is 9.53 Å². The third kappa shape index (κ3) is 1.48. The number of rotatable bonds is 1. The second kappa shape index (κ2) is 3.01. The summed E-state index contributed by atoms with van der Waals surface area (Å²) >= 11 is 0. The van der Waals surface area contributed by atoms with E-state index in [2.05, 4.69) is 0 Å². The van der Waals surface area contributed by atoms with Crippen LogP contribution >= 0.6 is 0 Å². The zero-order valence-electron chi connectivity index (χ0n) is 6.04. The molecule has 2 atom stereocenters. The molecule has 0 bridgehead atoms. The van der Waals surface area contributed by atoms with E-state index in [0.29, 0.717) is 19.3 Å². The Hall–Kier alpha value is -0.570. The van der Waals surface area contributed by atoms with Gasteiger partial charge >= 0.3 is 5.97 Å². The Morgan fingerprint density at radius 1 is 1.80 bits per heavy atom.